The first-order valence-corrected chi connectivity index (χ1v) is 8.96. The molecule has 6 nitrogen and oxygen atoms in total. The number of likely N-dealkylation sites (N-methyl/N-ethyl adjacent to an activating group) is 1. The highest BCUT2D eigenvalue weighted by Crippen LogP contribution is 2.15. The monoisotopic (exact) mass is 377 g/mol. The molecule has 0 radical (unpaired) electrons. The zero-order chi connectivity index (χ0) is 20.1. The Morgan fingerprint density at radius 2 is 1.54 bits per heavy atom. The molecule has 1 N–H and O–H groups in total. The molecule has 0 fully saturated rings. The molecule has 0 aliphatic heterocycles. The minimum absolute atomic E-state index is 0.0846. The average molecular weight is 377 g/mol. The number of amides is 2. The Morgan fingerprint density at radius 1 is 0.929 bits per heavy atom. The molecule has 1 heterocycles. The molecule has 2 aromatic carbocycles. The number of rotatable bonds is 6. The number of carbonyl (C=O) groups excluding carboxylic acids is 2. The molecule has 6 heteroatoms. The summed E-state index contributed by atoms with van der Waals surface area (Å²) in [5, 5.41) is 0. The van der Waals surface area contributed by atoms with Crippen molar-refractivity contribution in [3.05, 3.63) is 83.7 Å². The van der Waals surface area contributed by atoms with Gasteiger partial charge in [0.1, 0.15) is 5.75 Å². The number of para-hydroxylation sites is 1. The minimum Gasteiger partial charge on any atom is -0.484 e. The van der Waals surface area contributed by atoms with Crippen LogP contribution in [0.25, 0.3) is 0 Å². The number of nitrogens with one attached hydrogen (secondary N) is 1. The molecule has 0 unspecified atom stereocenters. The number of carbonyl (C=O) groups is 2. The van der Waals surface area contributed by atoms with E-state index in [9.17, 15) is 9.59 Å². The second-order valence-corrected chi connectivity index (χ2v) is 6.49. The SMILES string of the molecule is Cc1ccc(C)n1NC(=O)c1ccc(OCC(=O)N(C)c2ccccc2)cc1. The van der Waals surface area contributed by atoms with Crippen LogP contribution in [0.4, 0.5) is 5.69 Å². The third kappa shape index (κ3) is 4.40. The van der Waals surface area contributed by atoms with Crippen LogP contribution < -0.4 is 15.1 Å². The zero-order valence-electron chi connectivity index (χ0n) is 16.2. The third-order valence-electron chi connectivity index (χ3n) is 4.48. The zero-order valence-corrected chi connectivity index (χ0v) is 16.2. The highest BCUT2D eigenvalue weighted by Gasteiger charge is 2.12. The Hall–Kier alpha value is -3.54. The molecule has 0 aliphatic rings. The van der Waals surface area contributed by atoms with Gasteiger partial charge in [-0.2, -0.15) is 0 Å². The van der Waals surface area contributed by atoms with Gasteiger partial charge in [0.15, 0.2) is 6.61 Å². The van der Waals surface area contributed by atoms with Crippen LogP contribution in [0.5, 0.6) is 5.75 Å². The van der Waals surface area contributed by atoms with E-state index in [2.05, 4.69) is 5.43 Å². The van der Waals surface area contributed by atoms with E-state index in [1.165, 1.54) is 0 Å². The van der Waals surface area contributed by atoms with Crippen molar-refractivity contribution in [3.8, 4) is 5.75 Å². The molecule has 0 aliphatic carbocycles. The van der Waals surface area contributed by atoms with Crippen LogP contribution in [-0.2, 0) is 4.79 Å². The van der Waals surface area contributed by atoms with Crippen molar-refractivity contribution >= 4 is 17.5 Å². The Balaban J connectivity index is 1.57. The van der Waals surface area contributed by atoms with Crippen molar-refractivity contribution in [1.82, 2.24) is 4.68 Å². The highest BCUT2D eigenvalue weighted by atomic mass is 16.5. The Bertz CT molecular complexity index is 943. The van der Waals surface area contributed by atoms with Gasteiger partial charge in [-0.15, -0.1) is 0 Å². The molecular weight excluding hydrogens is 354 g/mol. The standard InChI is InChI=1S/C22H23N3O3/c1-16-9-10-17(2)25(16)23-22(27)18-11-13-20(14-12-18)28-15-21(26)24(3)19-7-5-4-6-8-19/h4-14H,15H2,1-3H3,(H,23,27). The second-order valence-electron chi connectivity index (χ2n) is 6.49. The largest absolute Gasteiger partial charge is 0.484 e. The molecule has 0 spiro atoms. The molecule has 1 aromatic heterocycles. The first kappa shape index (κ1) is 19.2. The molecule has 0 saturated heterocycles. The summed E-state index contributed by atoms with van der Waals surface area (Å²) in [5.74, 6) is 0.153. The Labute approximate surface area is 164 Å². The van der Waals surface area contributed by atoms with E-state index in [-0.39, 0.29) is 18.4 Å². The van der Waals surface area contributed by atoms with Gasteiger partial charge in [-0.05, 0) is 62.4 Å². The van der Waals surface area contributed by atoms with Crippen molar-refractivity contribution < 1.29 is 14.3 Å². The van der Waals surface area contributed by atoms with Crippen LogP contribution in [0.15, 0.2) is 66.7 Å². The van der Waals surface area contributed by atoms with Crippen molar-refractivity contribution in [1.29, 1.82) is 0 Å². The van der Waals surface area contributed by atoms with Crippen molar-refractivity contribution in [3.63, 3.8) is 0 Å². The maximum absolute atomic E-state index is 12.4. The predicted octanol–water partition coefficient (Wildman–Crippen LogP) is 3.53. The smallest absolute Gasteiger partial charge is 0.270 e. The predicted molar refractivity (Wildman–Crippen MR) is 109 cm³/mol. The van der Waals surface area contributed by atoms with Gasteiger partial charge in [0.2, 0.25) is 0 Å². The molecule has 0 bridgehead atoms. The number of aromatic nitrogens is 1. The summed E-state index contributed by atoms with van der Waals surface area (Å²) in [7, 11) is 1.71. The fourth-order valence-corrected chi connectivity index (χ4v) is 2.75. The topological polar surface area (TPSA) is 63.6 Å². The van der Waals surface area contributed by atoms with Gasteiger partial charge in [-0.1, -0.05) is 18.2 Å². The molecule has 2 amide bonds. The van der Waals surface area contributed by atoms with Gasteiger partial charge in [-0.3, -0.25) is 19.7 Å². The second kappa shape index (κ2) is 8.43. The summed E-state index contributed by atoms with van der Waals surface area (Å²) < 4.78 is 7.30. The summed E-state index contributed by atoms with van der Waals surface area (Å²) in [6.07, 6.45) is 0. The van der Waals surface area contributed by atoms with E-state index >= 15 is 0 Å². The van der Waals surface area contributed by atoms with Gasteiger partial charge in [0.25, 0.3) is 11.8 Å². The third-order valence-corrected chi connectivity index (χ3v) is 4.48. The number of ether oxygens (including phenoxy) is 1. The molecule has 3 rings (SSSR count). The normalized spacial score (nSPS) is 10.4. The van der Waals surface area contributed by atoms with E-state index in [1.54, 1.807) is 40.9 Å². The van der Waals surface area contributed by atoms with Gasteiger partial charge in [0, 0.05) is 29.7 Å². The molecule has 0 saturated carbocycles. The van der Waals surface area contributed by atoms with E-state index in [1.807, 2.05) is 56.3 Å². The van der Waals surface area contributed by atoms with Gasteiger partial charge in [-0.25, -0.2) is 0 Å². The minimum atomic E-state index is -0.214. The molecule has 28 heavy (non-hydrogen) atoms. The van der Waals surface area contributed by atoms with Crippen LogP contribution >= 0.6 is 0 Å². The summed E-state index contributed by atoms with van der Waals surface area (Å²) >= 11 is 0. The molecule has 3 aromatic rings. The van der Waals surface area contributed by atoms with Crippen LogP contribution in [0.3, 0.4) is 0 Å². The summed E-state index contributed by atoms with van der Waals surface area (Å²) in [6, 6.07) is 20.0. The first-order chi connectivity index (χ1) is 13.5. The van der Waals surface area contributed by atoms with Crippen molar-refractivity contribution in [2.24, 2.45) is 0 Å². The van der Waals surface area contributed by atoms with E-state index < -0.39 is 0 Å². The summed E-state index contributed by atoms with van der Waals surface area (Å²) in [6.45, 7) is 3.76. The van der Waals surface area contributed by atoms with Gasteiger partial charge in [0.05, 0.1) is 0 Å². The van der Waals surface area contributed by atoms with E-state index in [4.69, 9.17) is 4.74 Å². The number of hydrogen-bond acceptors (Lipinski definition) is 3. The van der Waals surface area contributed by atoms with Gasteiger partial charge < -0.3 is 9.64 Å². The van der Waals surface area contributed by atoms with Crippen LogP contribution in [0.2, 0.25) is 0 Å². The van der Waals surface area contributed by atoms with E-state index in [0.717, 1.165) is 17.1 Å². The summed E-state index contributed by atoms with van der Waals surface area (Å²) in [4.78, 5) is 26.2. The van der Waals surface area contributed by atoms with Crippen LogP contribution in [0, 0.1) is 13.8 Å². The Kier molecular flexibility index (Phi) is 5.79. The first-order valence-electron chi connectivity index (χ1n) is 8.96. The summed E-state index contributed by atoms with van der Waals surface area (Å²) in [5.41, 5.74) is 6.07. The maximum atomic E-state index is 12.4. The van der Waals surface area contributed by atoms with Crippen LogP contribution in [-0.4, -0.2) is 30.1 Å². The molecule has 144 valence electrons. The quantitative estimate of drug-likeness (QED) is 0.715. The Morgan fingerprint density at radius 3 is 2.14 bits per heavy atom. The lowest BCUT2D eigenvalue weighted by atomic mass is 10.2. The number of hydrogen-bond donors (Lipinski definition) is 1. The molecule has 0 atom stereocenters. The number of aryl methyl sites for hydroxylation is 2. The number of benzene rings is 2. The fourth-order valence-electron chi connectivity index (χ4n) is 2.75. The van der Waals surface area contributed by atoms with Gasteiger partial charge >= 0.3 is 0 Å². The lowest BCUT2D eigenvalue weighted by molar-refractivity contribution is -0.120. The lowest BCUT2D eigenvalue weighted by Gasteiger charge is -2.17. The van der Waals surface area contributed by atoms with Crippen molar-refractivity contribution in [2.75, 3.05) is 24.0 Å². The number of nitrogens with zero attached hydrogens (tertiary/aromatic N) is 2. The molecular formula is C22H23N3O3. The van der Waals surface area contributed by atoms with E-state index in [0.29, 0.717) is 11.3 Å². The average Bonchev–Trinajstić information content (AvgIpc) is 3.04. The maximum Gasteiger partial charge on any atom is 0.270 e. The fraction of sp³-hybridized carbons (Fsp3) is 0.182. The lowest BCUT2D eigenvalue weighted by Crippen LogP contribution is -2.31. The number of anilines is 1. The highest BCUT2D eigenvalue weighted by molar-refractivity contribution is 6.00. The van der Waals surface area contributed by atoms with Crippen molar-refractivity contribution in [2.45, 2.75) is 13.8 Å². The van der Waals surface area contributed by atoms with Crippen LogP contribution in [0.1, 0.15) is 21.7 Å².